The fraction of sp³-hybridized carbons (Fsp3) is 0.444. The molecule has 3 N–H and O–H groups in total. The van der Waals surface area contributed by atoms with Crippen molar-refractivity contribution in [3.8, 4) is 0 Å². The maximum absolute atomic E-state index is 12.6. The summed E-state index contributed by atoms with van der Waals surface area (Å²) in [6.45, 7) is 1.25. The van der Waals surface area contributed by atoms with E-state index in [1.165, 1.54) is 0 Å². The van der Waals surface area contributed by atoms with Crippen LogP contribution in [0, 0.1) is 0 Å². The summed E-state index contributed by atoms with van der Waals surface area (Å²) in [5.41, 5.74) is 6.90. The van der Waals surface area contributed by atoms with Crippen molar-refractivity contribution in [1.29, 1.82) is 0 Å². The zero-order valence-corrected chi connectivity index (χ0v) is 14.6. The first-order valence-corrected chi connectivity index (χ1v) is 8.36. The summed E-state index contributed by atoms with van der Waals surface area (Å²) >= 11 is 0. The number of nitrogens with one attached hydrogen (secondary N) is 1. The lowest BCUT2D eigenvalue weighted by atomic mass is 9.90. The first kappa shape index (κ1) is 17.4. The molecular formula is C18H24N4O3. The zero-order valence-electron chi connectivity index (χ0n) is 14.6. The average Bonchev–Trinajstić information content (AvgIpc) is 2.97. The molecule has 0 atom stereocenters. The predicted molar refractivity (Wildman–Crippen MR) is 96.2 cm³/mol. The Bertz CT molecular complexity index is 791. The number of carbonyl (C=O) groups excluding carboxylic acids is 2. The standard InChI is InChI=1S/C18H24N4O3/c1-21(2)16(23)12-22-8-5-13-3-4-14(11-15(13)22)20-17(24)18(19)6-9-25-10-7-18/h3-5,8,11H,6-7,9-10,12,19H2,1-2H3,(H,20,24). The molecule has 0 bridgehead atoms. The minimum Gasteiger partial charge on any atom is -0.381 e. The number of fused-ring (bicyclic) bond motifs is 1. The van der Waals surface area contributed by atoms with Crippen molar-refractivity contribution in [3.05, 3.63) is 30.5 Å². The van der Waals surface area contributed by atoms with E-state index in [9.17, 15) is 9.59 Å². The van der Waals surface area contributed by atoms with Gasteiger partial charge in [0.2, 0.25) is 11.8 Å². The number of likely N-dealkylation sites (N-methyl/N-ethyl adjacent to an activating group) is 1. The molecule has 25 heavy (non-hydrogen) atoms. The van der Waals surface area contributed by atoms with Gasteiger partial charge in [0.1, 0.15) is 12.1 Å². The molecular weight excluding hydrogens is 320 g/mol. The highest BCUT2D eigenvalue weighted by Crippen LogP contribution is 2.24. The smallest absolute Gasteiger partial charge is 0.244 e. The quantitative estimate of drug-likeness (QED) is 0.871. The second-order valence-electron chi connectivity index (χ2n) is 6.73. The molecule has 0 spiro atoms. The number of anilines is 1. The number of nitrogens with zero attached hydrogens (tertiary/aromatic N) is 2. The van der Waals surface area contributed by atoms with Crippen molar-refractivity contribution in [2.45, 2.75) is 24.9 Å². The van der Waals surface area contributed by atoms with Crippen LogP contribution in [0.1, 0.15) is 12.8 Å². The first-order chi connectivity index (χ1) is 11.9. The monoisotopic (exact) mass is 344 g/mol. The van der Waals surface area contributed by atoms with Crippen LogP contribution in [0.2, 0.25) is 0 Å². The predicted octanol–water partition coefficient (Wildman–Crippen LogP) is 1.18. The molecule has 0 aliphatic carbocycles. The van der Waals surface area contributed by atoms with Gasteiger partial charge in [-0.25, -0.2) is 0 Å². The van der Waals surface area contributed by atoms with Gasteiger partial charge in [-0.1, -0.05) is 6.07 Å². The molecule has 7 heteroatoms. The Hall–Kier alpha value is -2.38. The van der Waals surface area contributed by atoms with E-state index in [-0.39, 0.29) is 18.4 Å². The third-order valence-electron chi connectivity index (χ3n) is 4.67. The van der Waals surface area contributed by atoms with Crippen LogP contribution < -0.4 is 11.1 Å². The van der Waals surface area contributed by atoms with Crippen LogP contribution in [0.15, 0.2) is 30.5 Å². The lowest BCUT2D eigenvalue weighted by Gasteiger charge is -2.31. The van der Waals surface area contributed by atoms with Crippen molar-refractivity contribution >= 4 is 28.4 Å². The molecule has 134 valence electrons. The van der Waals surface area contributed by atoms with Crippen LogP contribution in [-0.4, -0.2) is 54.1 Å². The summed E-state index contributed by atoms with van der Waals surface area (Å²) in [4.78, 5) is 26.1. The van der Waals surface area contributed by atoms with E-state index in [2.05, 4.69) is 5.32 Å². The Kier molecular flexibility index (Phi) is 4.78. The summed E-state index contributed by atoms with van der Waals surface area (Å²) in [6, 6.07) is 7.60. The van der Waals surface area contributed by atoms with Crippen molar-refractivity contribution < 1.29 is 14.3 Å². The van der Waals surface area contributed by atoms with Crippen molar-refractivity contribution in [1.82, 2.24) is 9.47 Å². The van der Waals surface area contributed by atoms with Gasteiger partial charge in [0.05, 0.1) is 5.52 Å². The molecule has 2 amide bonds. The number of benzene rings is 1. The minimum absolute atomic E-state index is 0.00931. The Morgan fingerprint density at radius 2 is 2.00 bits per heavy atom. The second kappa shape index (κ2) is 6.85. The Morgan fingerprint density at radius 3 is 2.68 bits per heavy atom. The Labute approximate surface area is 146 Å². The van der Waals surface area contributed by atoms with Gasteiger partial charge in [0.25, 0.3) is 0 Å². The minimum atomic E-state index is -0.893. The zero-order chi connectivity index (χ0) is 18.0. The van der Waals surface area contributed by atoms with Gasteiger partial charge >= 0.3 is 0 Å². The van der Waals surface area contributed by atoms with Gasteiger partial charge in [-0.15, -0.1) is 0 Å². The highest BCUT2D eigenvalue weighted by molar-refractivity contribution is 5.99. The van der Waals surface area contributed by atoms with E-state index in [1.807, 2.05) is 35.0 Å². The summed E-state index contributed by atoms with van der Waals surface area (Å²) in [6.07, 6.45) is 2.89. The maximum Gasteiger partial charge on any atom is 0.244 e. The molecule has 2 heterocycles. The molecule has 1 aliphatic heterocycles. The highest BCUT2D eigenvalue weighted by Gasteiger charge is 2.35. The summed E-state index contributed by atoms with van der Waals surface area (Å²) in [7, 11) is 3.46. The van der Waals surface area contributed by atoms with Gasteiger partial charge in [0.15, 0.2) is 0 Å². The number of carbonyl (C=O) groups is 2. The van der Waals surface area contributed by atoms with Gasteiger partial charge in [0, 0.05) is 39.2 Å². The largest absolute Gasteiger partial charge is 0.381 e. The van der Waals surface area contributed by atoms with E-state index < -0.39 is 5.54 Å². The van der Waals surface area contributed by atoms with Gasteiger partial charge in [-0.05, 0) is 36.4 Å². The van der Waals surface area contributed by atoms with Crippen LogP contribution in [0.3, 0.4) is 0 Å². The van der Waals surface area contributed by atoms with Crippen molar-refractivity contribution in [3.63, 3.8) is 0 Å². The normalized spacial score (nSPS) is 16.6. The fourth-order valence-corrected chi connectivity index (χ4v) is 2.90. The number of hydrogen-bond acceptors (Lipinski definition) is 4. The van der Waals surface area contributed by atoms with Gasteiger partial charge in [-0.3, -0.25) is 9.59 Å². The number of aromatic nitrogens is 1. The SMILES string of the molecule is CN(C)C(=O)Cn1ccc2ccc(NC(=O)C3(N)CCOCC3)cc21. The topological polar surface area (TPSA) is 89.6 Å². The molecule has 7 nitrogen and oxygen atoms in total. The Morgan fingerprint density at radius 1 is 1.28 bits per heavy atom. The van der Waals surface area contributed by atoms with Gasteiger partial charge < -0.3 is 25.3 Å². The molecule has 2 aromatic rings. The fourth-order valence-electron chi connectivity index (χ4n) is 2.90. The lowest BCUT2D eigenvalue weighted by molar-refractivity contribution is -0.129. The molecule has 0 saturated carbocycles. The van der Waals surface area contributed by atoms with Crippen LogP contribution in [-0.2, 0) is 20.9 Å². The summed E-state index contributed by atoms with van der Waals surface area (Å²) < 4.78 is 7.16. The second-order valence-corrected chi connectivity index (χ2v) is 6.73. The third-order valence-corrected chi connectivity index (χ3v) is 4.67. The van der Waals surface area contributed by atoms with E-state index in [0.717, 1.165) is 10.9 Å². The maximum atomic E-state index is 12.6. The number of nitrogens with two attached hydrogens (primary N) is 1. The van der Waals surface area contributed by atoms with Crippen molar-refractivity contribution in [2.75, 3.05) is 32.6 Å². The molecule has 0 radical (unpaired) electrons. The first-order valence-electron chi connectivity index (χ1n) is 8.36. The molecule has 1 fully saturated rings. The van der Waals surface area contributed by atoms with E-state index in [4.69, 9.17) is 10.5 Å². The van der Waals surface area contributed by atoms with Crippen LogP contribution in [0.5, 0.6) is 0 Å². The molecule has 1 aromatic carbocycles. The van der Waals surface area contributed by atoms with E-state index in [0.29, 0.717) is 31.7 Å². The number of ether oxygens (including phenoxy) is 1. The number of amides is 2. The van der Waals surface area contributed by atoms with Crippen molar-refractivity contribution in [2.24, 2.45) is 5.73 Å². The molecule has 0 unspecified atom stereocenters. The van der Waals surface area contributed by atoms with E-state index >= 15 is 0 Å². The third kappa shape index (κ3) is 3.67. The number of hydrogen-bond donors (Lipinski definition) is 2. The molecule has 3 rings (SSSR count). The van der Waals surface area contributed by atoms with Crippen LogP contribution in [0.4, 0.5) is 5.69 Å². The average molecular weight is 344 g/mol. The van der Waals surface area contributed by atoms with Crippen LogP contribution in [0.25, 0.3) is 10.9 Å². The molecule has 1 saturated heterocycles. The Balaban J connectivity index is 1.80. The van der Waals surface area contributed by atoms with E-state index in [1.54, 1.807) is 19.0 Å². The summed E-state index contributed by atoms with van der Waals surface area (Å²) in [5, 5.41) is 3.92. The van der Waals surface area contributed by atoms with Crippen LogP contribution >= 0.6 is 0 Å². The van der Waals surface area contributed by atoms with Gasteiger partial charge in [-0.2, -0.15) is 0 Å². The summed E-state index contributed by atoms with van der Waals surface area (Å²) in [5.74, 6) is -0.187. The lowest BCUT2D eigenvalue weighted by Crippen LogP contribution is -2.54. The highest BCUT2D eigenvalue weighted by atomic mass is 16.5. The molecule has 1 aromatic heterocycles. The number of rotatable bonds is 4. The molecule has 1 aliphatic rings.